The van der Waals surface area contributed by atoms with Crippen molar-refractivity contribution in [1.82, 2.24) is 0 Å². The summed E-state index contributed by atoms with van der Waals surface area (Å²) in [5, 5.41) is 25.6. The minimum absolute atomic E-state index is 1.22. The van der Waals surface area contributed by atoms with Gasteiger partial charge in [-0.2, -0.15) is 0 Å². The van der Waals surface area contributed by atoms with E-state index in [1.54, 1.807) is 0 Å². The molecule has 118 heavy (non-hydrogen) atoms. The van der Waals surface area contributed by atoms with E-state index in [-0.39, 0.29) is 0 Å². The number of hydrogen-bond acceptors (Lipinski definition) is 0. The summed E-state index contributed by atoms with van der Waals surface area (Å²) in [5.74, 6) is 0. The summed E-state index contributed by atoms with van der Waals surface area (Å²) in [4.78, 5) is 0. The minimum atomic E-state index is 1.22. The highest BCUT2D eigenvalue weighted by Crippen LogP contribution is 2.50. The van der Waals surface area contributed by atoms with Crippen LogP contribution in [0.5, 0.6) is 0 Å². The molecule has 0 saturated heterocycles. The van der Waals surface area contributed by atoms with Gasteiger partial charge in [-0.05, 0) is 243 Å². The standard InChI is InChI=1S/C42H28.C40H26.C36H24/c1-2-11-29(12-3-1)31-21-23-32(24-22-31)34-15-10-16-35(27-34)41-37-17-6-8-19-39(37)42(40-20-9-7-18-38(40)41)36-26-25-30-13-4-5-14-33(30)28-36;1-2-10-27(11-3-1)28-18-21-30(22-19-28)39-35-14-6-8-16-37(35)40(38-17-9-7-15-36(38)39)32-24-25-34-31(26-32)23-20-29-12-4-5-13-33(29)34;1-2-12-25(13-3-1)27-16-10-17-28(24-27)35-31-19-6-8-21-33(31)36(34-22-9-7-20-32(34)35)30-23-11-15-26-14-4-5-18-29(26)30/h1-28H;1-26H;1-24H. The fraction of sp³-hybridized carbons (Fsp3) is 0. The Kier molecular flexibility index (Phi) is 18.4. The zero-order valence-electron chi connectivity index (χ0n) is 65.0. The molecule has 0 fully saturated rings. The van der Waals surface area contributed by atoms with Crippen LogP contribution in [0, 0.1) is 0 Å². The van der Waals surface area contributed by atoms with Crippen molar-refractivity contribution in [3.05, 3.63) is 473 Å². The lowest BCUT2D eigenvalue weighted by atomic mass is 9.84. The van der Waals surface area contributed by atoms with Crippen LogP contribution in [0.2, 0.25) is 0 Å². The van der Waals surface area contributed by atoms with E-state index in [0.717, 1.165) is 0 Å². The Labute approximate surface area is 687 Å². The lowest BCUT2D eigenvalue weighted by Gasteiger charge is -2.19. The molecule has 0 heterocycles. The zero-order valence-corrected chi connectivity index (χ0v) is 65.0. The molecule has 23 rings (SSSR count). The smallest absolute Gasteiger partial charge is 0.00201 e. The first kappa shape index (κ1) is 70.5. The predicted molar refractivity (Wildman–Crippen MR) is 509 cm³/mol. The third kappa shape index (κ3) is 13.1. The van der Waals surface area contributed by atoms with Crippen LogP contribution in [0.25, 0.3) is 219 Å². The highest BCUT2D eigenvalue weighted by Gasteiger charge is 2.22. The second-order valence-electron chi connectivity index (χ2n) is 30.7. The van der Waals surface area contributed by atoms with Gasteiger partial charge in [0.1, 0.15) is 0 Å². The van der Waals surface area contributed by atoms with Gasteiger partial charge in [-0.25, -0.2) is 0 Å². The van der Waals surface area contributed by atoms with E-state index in [1.807, 2.05) is 0 Å². The average Bonchev–Trinajstić information content (AvgIpc) is 0.738. The van der Waals surface area contributed by atoms with Crippen molar-refractivity contribution in [3.63, 3.8) is 0 Å². The Morgan fingerprint density at radius 2 is 0.305 bits per heavy atom. The summed E-state index contributed by atoms with van der Waals surface area (Å²) in [6.45, 7) is 0. The largest absolute Gasteiger partial charge is 0.0622 e. The van der Waals surface area contributed by atoms with Crippen molar-refractivity contribution in [3.8, 4) is 111 Å². The van der Waals surface area contributed by atoms with Crippen molar-refractivity contribution in [2.75, 3.05) is 0 Å². The Morgan fingerprint density at radius 3 is 0.729 bits per heavy atom. The van der Waals surface area contributed by atoms with Gasteiger partial charge in [0, 0.05) is 0 Å². The van der Waals surface area contributed by atoms with Crippen molar-refractivity contribution >= 4 is 108 Å². The normalized spacial score (nSPS) is 11.4. The first-order valence-electron chi connectivity index (χ1n) is 40.8. The third-order valence-corrected chi connectivity index (χ3v) is 23.9. The lowest BCUT2D eigenvalue weighted by molar-refractivity contribution is 1.59. The van der Waals surface area contributed by atoms with E-state index >= 15 is 0 Å². The molecular weight excluding hydrogens is 1420 g/mol. The van der Waals surface area contributed by atoms with Gasteiger partial charge < -0.3 is 0 Å². The van der Waals surface area contributed by atoms with E-state index < -0.39 is 0 Å². The molecule has 0 spiro atoms. The molecule has 0 bridgehead atoms. The maximum atomic E-state index is 2.37. The van der Waals surface area contributed by atoms with Gasteiger partial charge in [0.25, 0.3) is 0 Å². The second-order valence-corrected chi connectivity index (χ2v) is 30.7. The molecule has 0 atom stereocenters. The maximum Gasteiger partial charge on any atom is -0.00201 e. The molecule has 550 valence electrons. The van der Waals surface area contributed by atoms with Crippen LogP contribution in [0.15, 0.2) is 473 Å². The summed E-state index contributed by atoms with van der Waals surface area (Å²) in [5.41, 5.74) is 25.1. The number of fused-ring (bicyclic) bond motifs is 11. The summed E-state index contributed by atoms with van der Waals surface area (Å²) >= 11 is 0. The summed E-state index contributed by atoms with van der Waals surface area (Å²) in [6.07, 6.45) is 0. The van der Waals surface area contributed by atoms with Gasteiger partial charge in [0.2, 0.25) is 0 Å². The molecule has 0 aliphatic carbocycles. The Bertz CT molecular complexity index is 7570. The van der Waals surface area contributed by atoms with Crippen LogP contribution in [-0.4, -0.2) is 0 Å². The molecule has 23 aromatic carbocycles. The molecule has 0 nitrogen and oxygen atoms in total. The molecule has 0 N–H and O–H groups in total. The maximum absolute atomic E-state index is 2.37. The van der Waals surface area contributed by atoms with Crippen LogP contribution < -0.4 is 0 Å². The van der Waals surface area contributed by atoms with E-state index in [9.17, 15) is 0 Å². The summed E-state index contributed by atoms with van der Waals surface area (Å²) in [6, 6.07) is 172. The van der Waals surface area contributed by atoms with Crippen LogP contribution in [-0.2, 0) is 0 Å². The average molecular weight is 1500 g/mol. The highest BCUT2D eigenvalue weighted by atomic mass is 14.3. The summed E-state index contributed by atoms with van der Waals surface area (Å²) in [7, 11) is 0. The molecule has 0 saturated carbocycles. The van der Waals surface area contributed by atoms with Gasteiger partial charge in [-0.1, -0.05) is 449 Å². The van der Waals surface area contributed by atoms with Crippen LogP contribution in [0.4, 0.5) is 0 Å². The highest BCUT2D eigenvalue weighted by molar-refractivity contribution is 6.26. The molecule has 0 unspecified atom stereocenters. The van der Waals surface area contributed by atoms with Crippen molar-refractivity contribution in [1.29, 1.82) is 0 Å². The number of hydrogen-bond donors (Lipinski definition) is 0. The number of rotatable bonds is 10. The Morgan fingerprint density at radius 1 is 0.0847 bits per heavy atom. The fourth-order valence-electron chi connectivity index (χ4n) is 18.5. The molecule has 0 amide bonds. The van der Waals surface area contributed by atoms with Gasteiger partial charge in [-0.3, -0.25) is 0 Å². The Balaban J connectivity index is 0.000000110. The van der Waals surface area contributed by atoms with Crippen molar-refractivity contribution < 1.29 is 0 Å². The fourth-order valence-corrected chi connectivity index (χ4v) is 18.5. The monoisotopic (exact) mass is 1490 g/mol. The van der Waals surface area contributed by atoms with Gasteiger partial charge in [0.15, 0.2) is 0 Å². The SMILES string of the molecule is c1ccc(-c2ccc(-c3c4ccccc4c(-c4ccc5c(ccc6ccccc65)c4)c4ccccc34)cc2)cc1.c1ccc(-c2ccc(-c3cccc(-c4c5ccccc5c(-c5ccc6ccccc6c5)c5ccccc45)c3)cc2)cc1.c1ccc(-c2cccc(-c3c4ccccc4c(-c4cccc5ccccc45)c4ccccc34)c2)cc1. The van der Waals surface area contributed by atoms with E-state index in [4.69, 9.17) is 0 Å². The molecule has 0 aliphatic heterocycles. The second kappa shape index (κ2) is 30.9. The van der Waals surface area contributed by atoms with Gasteiger partial charge in [0.05, 0.1) is 0 Å². The van der Waals surface area contributed by atoms with E-state index in [1.165, 1.54) is 219 Å². The zero-order chi connectivity index (χ0) is 78.2. The van der Waals surface area contributed by atoms with Gasteiger partial charge in [-0.15, -0.1) is 0 Å². The third-order valence-electron chi connectivity index (χ3n) is 23.9. The lowest BCUT2D eigenvalue weighted by Crippen LogP contribution is -1.91. The van der Waals surface area contributed by atoms with Gasteiger partial charge >= 0.3 is 0 Å². The van der Waals surface area contributed by atoms with Crippen LogP contribution >= 0.6 is 0 Å². The first-order chi connectivity index (χ1) is 58.6. The molecule has 23 aromatic rings. The molecule has 0 heteroatoms. The summed E-state index contributed by atoms with van der Waals surface area (Å²) < 4.78 is 0. The first-order valence-corrected chi connectivity index (χ1v) is 40.8. The molecular formula is C118H78. The molecule has 0 aliphatic rings. The van der Waals surface area contributed by atoms with E-state index in [0.29, 0.717) is 0 Å². The molecule has 0 aromatic heterocycles. The quantitative estimate of drug-likeness (QED) is 0.0946. The molecule has 0 radical (unpaired) electrons. The topological polar surface area (TPSA) is 0 Å². The van der Waals surface area contributed by atoms with Crippen LogP contribution in [0.1, 0.15) is 0 Å². The minimum Gasteiger partial charge on any atom is -0.0622 e. The van der Waals surface area contributed by atoms with E-state index in [2.05, 4.69) is 473 Å². The van der Waals surface area contributed by atoms with Crippen molar-refractivity contribution in [2.24, 2.45) is 0 Å². The predicted octanol–water partition coefficient (Wildman–Crippen LogP) is 33.3. The van der Waals surface area contributed by atoms with Crippen LogP contribution in [0.3, 0.4) is 0 Å². The number of benzene rings is 23. The Hall–Kier alpha value is -15.3. The van der Waals surface area contributed by atoms with Crippen molar-refractivity contribution in [2.45, 2.75) is 0 Å².